The maximum atomic E-state index is 13.0. The number of carbonyl (C=O) groups is 1. The molecule has 4 aromatic rings. The van der Waals surface area contributed by atoms with Crippen molar-refractivity contribution < 1.29 is 13.6 Å². The number of piperidine rings is 1. The number of likely N-dealkylation sites (tertiary alicyclic amines) is 1. The summed E-state index contributed by atoms with van der Waals surface area (Å²) in [6.07, 6.45) is 6.46. The van der Waals surface area contributed by atoms with Crippen molar-refractivity contribution >= 4 is 16.8 Å². The minimum absolute atomic E-state index is 0.0487. The Balaban J connectivity index is 1.50. The molecule has 164 valence electrons. The number of benzene rings is 1. The molecular formula is C24H23F2N5O. The quantitative estimate of drug-likeness (QED) is 0.482. The van der Waals surface area contributed by atoms with Gasteiger partial charge in [-0.25, -0.2) is 4.68 Å². The fourth-order valence-electron chi connectivity index (χ4n) is 4.58. The van der Waals surface area contributed by atoms with Crippen molar-refractivity contribution in [3.8, 4) is 11.1 Å². The van der Waals surface area contributed by atoms with E-state index < -0.39 is 6.55 Å². The summed E-state index contributed by atoms with van der Waals surface area (Å²) >= 11 is 0. The zero-order chi connectivity index (χ0) is 22.2. The highest BCUT2D eigenvalue weighted by molar-refractivity contribution is 5.98. The van der Waals surface area contributed by atoms with Crippen molar-refractivity contribution in [3.05, 3.63) is 71.9 Å². The third kappa shape index (κ3) is 3.66. The van der Waals surface area contributed by atoms with Gasteiger partial charge in [0.05, 0.1) is 0 Å². The molecule has 6 nitrogen and oxygen atoms in total. The number of fused-ring (bicyclic) bond motifs is 1. The first-order valence-electron chi connectivity index (χ1n) is 10.7. The van der Waals surface area contributed by atoms with E-state index in [0.717, 1.165) is 46.8 Å². The monoisotopic (exact) mass is 435 g/mol. The van der Waals surface area contributed by atoms with Crippen molar-refractivity contribution in [1.29, 1.82) is 0 Å². The van der Waals surface area contributed by atoms with Gasteiger partial charge in [0.2, 0.25) is 0 Å². The highest BCUT2D eigenvalue weighted by Gasteiger charge is 2.30. The van der Waals surface area contributed by atoms with Gasteiger partial charge < -0.3 is 9.88 Å². The fraction of sp³-hybridized carbons (Fsp3) is 0.292. The summed E-state index contributed by atoms with van der Waals surface area (Å²) in [7, 11) is 0. The second-order valence-electron chi connectivity index (χ2n) is 8.25. The predicted molar refractivity (Wildman–Crippen MR) is 118 cm³/mol. The second kappa shape index (κ2) is 8.18. The zero-order valence-corrected chi connectivity index (χ0v) is 17.6. The lowest BCUT2D eigenvalue weighted by atomic mass is 9.89. The molecule has 8 heteroatoms. The normalized spacial score (nSPS) is 16.8. The van der Waals surface area contributed by atoms with E-state index in [-0.39, 0.29) is 17.5 Å². The van der Waals surface area contributed by atoms with Gasteiger partial charge in [-0.15, -0.1) is 0 Å². The SMILES string of the molecule is Cc1ccc2[nH]c([C@@H]3CCCN(C(=O)c4ccn(C(F)F)n4)C3)c(-c3ccncc3)c2c1. The van der Waals surface area contributed by atoms with Crippen molar-refractivity contribution in [3.63, 3.8) is 0 Å². The maximum absolute atomic E-state index is 13.0. The van der Waals surface area contributed by atoms with Gasteiger partial charge in [0.25, 0.3) is 5.91 Å². The Hall–Kier alpha value is -3.55. The molecule has 0 unspecified atom stereocenters. The van der Waals surface area contributed by atoms with Gasteiger partial charge in [-0.2, -0.15) is 13.9 Å². The zero-order valence-electron chi connectivity index (χ0n) is 17.6. The van der Waals surface area contributed by atoms with Crippen LogP contribution in [-0.2, 0) is 0 Å². The number of carbonyl (C=O) groups excluding carboxylic acids is 1. The van der Waals surface area contributed by atoms with Gasteiger partial charge >= 0.3 is 6.55 Å². The van der Waals surface area contributed by atoms with Crippen LogP contribution >= 0.6 is 0 Å². The van der Waals surface area contributed by atoms with E-state index in [1.807, 2.05) is 12.1 Å². The molecule has 0 radical (unpaired) electrons. The van der Waals surface area contributed by atoms with Crippen LogP contribution in [0.5, 0.6) is 0 Å². The summed E-state index contributed by atoms with van der Waals surface area (Å²) in [6.45, 7) is 0.399. The molecule has 1 fully saturated rings. The molecule has 1 aliphatic rings. The molecule has 1 saturated heterocycles. The van der Waals surface area contributed by atoms with Crippen molar-refractivity contribution in [2.75, 3.05) is 13.1 Å². The Morgan fingerprint density at radius 3 is 2.75 bits per heavy atom. The van der Waals surface area contributed by atoms with E-state index in [4.69, 9.17) is 0 Å². The van der Waals surface area contributed by atoms with Crippen molar-refractivity contribution in [1.82, 2.24) is 24.6 Å². The fourth-order valence-corrected chi connectivity index (χ4v) is 4.58. The average molecular weight is 435 g/mol. The number of nitrogens with zero attached hydrogens (tertiary/aromatic N) is 4. The number of H-pyrrole nitrogens is 1. The smallest absolute Gasteiger partial charge is 0.333 e. The number of hydrogen-bond acceptors (Lipinski definition) is 3. The van der Waals surface area contributed by atoms with Crippen LogP contribution in [-0.4, -0.2) is 43.6 Å². The first-order valence-corrected chi connectivity index (χ1v) is 10.7. The maximum Gasteiger partial charge on any atom is 0.333 e. The Kier molecular flexibility index (Phi) is 5.20. The molecule has 1 aliphatic heterocycles. The molecular weight excluding hydrogens is 412 g/mol. The van der Waals surface area contributed by atoms with E-state index in [1.165, 1.54) is 11.6 Å². The largest absolute Gasteiger partial charge is 0.358 e. The standard InChI is InChI=1S/C24H23F2N5O/c1-15-4-5-19-18(13-15)21(16-6-9-27-10-7-16)22(28-19)17-3-2-11-30(14-17)23(32)20-8-12-31(29-20)24(25)26/h4-10,12-13,17,24,28H,2-3,11,14H2,1H3/t17-/m1/s1. The number of rotatable bonds is 4. The molecule has 3 aromatic heterocycles. The Morgan fingerprint density at radius 2 is 2.00 bits per heavy atom. The van der Waals surface area contributed by atoms with E-state index in [0.29, 0.717) is 17.8 Å². The van der Waals surface area contributed by atoms with Crippen LogP contribution in [0.1, 0.15) is 47.1 Å². The van der Waals surface area contributed by atoms with E-state index in [2.05, 4.69) is 40.2 Å². The Labute approximate surface area is 183 Å². The molecule has 4 heterocycles. The lowest BCUT2D eigenvalue weighted by molar-refractivity contribution is 0.0546. The van der Waals surface area contributed by atoms with Gasteiger partial charge in [0.1, 0.15) is 0 Å². The lowest BCUT2D eigenvalue weighted by Crippen LogP contribution is -2.39. The minimum atomic E-state index is -2.76. The second-order valence-corrected chi connectivity index (χ2v) is 8.25. The molecule has 0 aliphatic carbocycles. The predicted octanol–water partition coefficient (Wildman–Crippen LogP) is 5.15. The topological polar surface area (TPSA) is 66.8 Å². The Morgan fingerprint density at radius 1 is 1.19 bits per heavy atom. The van der Waals surface area contributed by atoms with Crippen LogP contribution in [0.4, 0.5) is 8.78 Å². The van der Waals surface area contributed by atoms with Crippen molar-refractivity contribution in [2.45, 2.75) is 32.2 Å². The van der Waals surface area contributed by atoms with Gasteiger partial charge in [-0.3, -0.25) is 9.78 Å². The van der Waals surface area contributed by atoms with Crippen LogP contribution in [0.15, 0.2) is 55.0 Å². The molecule has 0 bridgehead atoms. The van der Waals surface area contributed by atoms with Crippen LogP contribution in [0.3, 0.4) is 0 Å². The number of hydrogen-bond donors (Lipinski definition) is 1. The van der Waals surface area contributed by atoms with Gasteiger partial charge in [0, 0.05) is 59.8 Å². The van der Waals surface area contributed by atoms with Crippen LogP contribution < -0.4 is 0 Å². The molecule has 0 saturated carbocycles. The summed E-state index contributed by atoms with van der Waals surface area (Å²) in [4.78, 5) is 22.4. The molecule has 1 amide bonds. The van der Waals surface area contributed by atoms with Gasteiger partial charge in [0.15, 0.2) is 5.69 Å². The number of aryl methyl sites for hydroxylation is 1. The first-order chi connectivity index (χ1) is 15.5. The number of amides is 1. The molecule has 1 atom stereocenters. The van der Waals surface area contributed by atoms with Crippen LogP contribution in [0.25, 0.3) is 22.0 Å². The average Bonchev–Trinajstić information content (AvgIpc) is 3.44. The third-order valence-electron chi connectivity index (χ3n) is 6.10. The van der Waals surface area contributed by atoms with Crippen LogP contribution in [0.2, 0.25) is 0 Å². The lowest BCUT2D eigenvalue weighted by Gasteiger charge is -2.32. The molecule has 32 heavy (non-hydrogen) atoms. The van der Waals surface area contributed by atoms with Crippen molar-refractivity contribution in [2.24, 2.45) is 0 Å². The van der Waals surface area contributed by atoms with E-state index in [1.54, 1.807) is 17.3 Å². The number of pyridine rings is 1. The number of aromatic nitrogens is 4. The number of aromatic amines is 1. The molecule has 1 aromatic carbocycles. The summed E-state index contributed by atoms with van der Waals surface area (Å²) < 4.78 is 26.3. The molecule has 0 spiro atoms. The first kappa shape index (κ1) is 20.4. The highest BCUT2D eigenvalue weighted by Crippen LogP contribution is 2.39. The van der Waals surface area contributed by atoms with Crippen LogP contribution in [0, 0.1) is 6.92 Å². The summed E-state index contributed by atoms with van der Waals surface area (Å²) in [6, 6.07) is 11.7. The summed E-state index contributed by atoms with van der Waals surface area (Å²) in [5.41, 5.74) is 5.57. The Bertz CT molecular complexity index is 1260. The van der Waals surface area contributed by atoms with E-state index >= 15 is 0 Å². The molecule has 1 N–H and O–H groups in total. The highest BCUT2D eigenvalue weighted by atomic mass is 19.3. The molecule has 5 rings (SSSR count). The van der Waals surface area contributed by atoms with E-state index in [9.17, 15) is 13.6 Å². The number of nitrogens with one attached hydrogen (secondary N) is 1. The number of halogens is 2. The number of alkyl halides is 2. The summed E-state index contributed by atoms with van der Waals surface area (Å²) in [5.74, 6) is -0.215. The van der Waals surface area contributed by atoms with Gasteiger partial charge in [-0.05, 0) is 55.7 Å². The van der Waals surface area contributed by atoms with Gasteiger partial charge in [-0.1, -0.05) is 11.6 Å². The minimum Gasteiger partial charge on any atom is -0.358 e. The summed E-state index contributed by atoms with van der Waals surface area (Å²) in [5, 5.41) is 4.90. The third-order valence-corrected chi connectivity index (χ3v) is 6.10.